The zero-order chi connectivity index (χ0) is 30.4. The molecule has 12 heteroatoms. The number of benzene rings is 2. The number of hydrogen-bond acceptors (Lipinski definition) is 6. The minimum Gasteiger partial charge on any atom is -0.331 e. The molecule has 2 aromatic carbocycles. The van der Waals surface area contributed by atoms with Gasteiger partial charge in [0.25, 0.3) is 11.8 Å². The normalized spacial score (nSPS) is 19.3. The molecule has 1 fully saturated rings. The van der Waals surface area contributed by atoms with E-state index in [4.69, 9.17) is 11.6 Å². The Morgan fingerprint density at radius 2 is 1.93 bits per heavy atom. The molecule has 4 aromatic rings. The fraction of sp³-hybridized carbons (Fsp3) is 0.375. The lowest BCUT2D eigenvalue weighted by atomic mass is 9.88. The predicted octanol–water partition coefficient (Wildman–Crippen LogP) is 6.04. The van der Waals surface area contributed by atoms with Gasteiger partial charge in [-0.25, -0.2) is 18.7 Å². The van der Waals surface area contributed by atoms with E-state index >= 15 is 0 Å². The number of halogens is 3. The molecule has 3 aliphatic heterocycles. The summed E-state index contributed by atoms with van der Waals surface area (Å²) in [7, 11) is 0. The summed E-state index contributed by atoms with van der Waals surface area (Å²) in [4.78, 5) is 40.0. The van der Waals surface area contributed by atoms with Gasteiger partial charge in [-0.2, -0.15) is 0 Å². The highest BCUT2D eigenvalue weighted by Gasteiger charge is 2.42. The summed E-state index contributed by atoms with van der Waals surface area (Å²) in [6.07, 6.45) is 4.17. The second kappa shape index (κ2) is 12.0. The number of rotatable bonds is 8. The standard InChI is InChI=1S/C32H31ClF2N6O2S/c33-26-14-22(20-3-1-19(2-4-20)21-5-9-39(10-6-21)11-7-34)13-24-25(26)17-41(31(24)43)29(30(42)38-32-36-8-12-44-32)28-27-15-23(35)16-40(27)18-37-28/h1-4,8,12-14,18,21,23,29H,5-7,9-11,15-17H2,(H,36,38,42)/t23-,29?/m1/s1. The average Bonchev–Trinajstić information content (AvgIpc) is 3.81. The van der Waals surface area contributed by atoms with E-state index in [9.17, 15) is 18.4 Å². The number of likely N-dealkylation sites (tertiary alicyclic amines) is 1. The van der Waals surface area contributed by atoms with Crippen LogP contribution in [0.3, 0.4) is 0 Å². The number of piperidine rings is 1. The van der Waals surface area contributed by atoms with Gasteiger partial charge in [0.2, 0.25) is 0 Å². The van der Waals surface area contributed by atoms with Gasteiger partial charge in [0, 0.05) is 52.9 Å². The number of alkyl halides is 2. The van der Waals surface area contributed by atoms with Crippen molar-refractivity contribution in [2.24, 2.45) is 0 Å². The van der Waals surface area contributed by atoms with Gasteiger partial charge in [0.1, 0.15) is 12.8 Å². The molecule has 2 atom stereocenters. The lowest BCUT2D eigenvalue weighted by Gasteiger charge is -2.31. The minimum atomic E-state index is -1.09. The smallest absolute Gasteiger partial charge is 0.255 e. The van der Waals surface area contributed by atoms with Crippen LogP contribution in [-0.4, -0.2) is 68.6 Å². The number of anilines is 1. The summed E-state index contributed by atoms with van der Waals surface area (Å²) in [6, 6.07) is 10.9. The first-order valence-electron chi connectivity index (χ1n) is 14.8. The summed E-state index contributed by atoms with van der Waals surface area (Å²) in [6.45, 7) is 2.27. The maximum atomic E-state index is 14.3. The van der Waals surface area contributed by atoms with Gasteiger partial charge in [-0.1, -0.05) is 35.9 Å². The van der Waals surface area contributed by atoms with Gasteiger partial charge in [-0.05, 0) is 60.7 Å². The van der Waals surface area contributed by atoms with Gasteiger partial charge < -0.3 is 14.4 Å². The molecule has 0 spiro atoms. The molecule has 228 valence electrons. The van der Waals surface area contributed by atoms with Crippen LogP contribution in [0.4, 0.5) is 13.9 Å². The molecule has 5 heterocycles. The topological polar surface area (TPSA) is 83.4 Å². The van der Waals surface area contributed by atoms with E-state index in [0.29, 0.717) is 45.1 Å². The lowest BCUT2D eigenvalue weighted by Crippen LogP contribution is -2.38. The van der Waals surface area contributed by atoms with E-state index in [1.165, 1.54) is 28.1 Å². The number of thiazole rings is 1. The third-order valence-corrected chi connectivity index (χ3v) is 10.0. The number of carbonyl (C=O) groups excluding carboxylic acids is 2. The molecule has 1 unspecified atom stereocenters. The van der Waals surface area contributed by atoms with E-state index in [-0.39, 0.29) is 32.1 Å². The first kappa shape index (κ1) is 29.1. The van der Waals surface area contributed by atoms with Crippen molar-refractivity contribution in [2.45, 2.75) is 50.5 Å². The maximum Gasteiger partial charge on any atom is 0.255 e. The Kier molecular flexibility index (Phi) is 7.94. The second-order valence-electron chi connectivity index (χ2n) is 11.6. The second-order valence-corrected chi connectivity index (χ2v) is 12.9. The van der Waals surface area contributed by atoms with Crippen LogP contribution in [0.25, 0.3) is 11.1 Å². The molecule has 0 bridgehead atoms. The summed E-state index contributed by atoms with van der Waals surface area (Å²) < 4.78 is 28.8. The molecule has 1 N–H and O–H groups in total. The molecule has 0 saturated carbocycles. The third-order valence-electron chi connectivity index (χ3n) is 8.99. The van der Waals surface area contributed by atoms with Crippen LogP contribution in [0.15, 0.2) is 54.3 Å². The summed E-state index contributed by atoms with van der Waals surface area (Å²) in [5, 5.41) is 5.39. The van der Waals surface area contributed by atoms with Crippen molar-refractivity contribution in [1.29, 1.82) is 0 Å². The Bertz CT molecular complexity index is 1690. The highest BCUT2D eigenvalue weighted by atomic mass is 35.5. The van der Waals surface area contributed by atoms with Crippen LogP contribution in [0.1, 0.15) is 57.7 Å². The molecule has 1 saturated heterocycles. The van der Waals surface area contributed by atoms with Crippen LogP contribution in [-0.2, 0) is 24.3 Å². The van der Waals surface area contributed by atoms with E-state index in [2.05, 4.69) is 32.3 Å². The predicted molar refractivity (Wildman–Crippen MR) is 165 cm³/mol. The molecule has 2 aromatic heterocycles. The molecule has 7 rings (SSSR count). The Labute approximate surface area is 262 Å². The highest BCUT2D eigenvalue weighted by Crippen LogP contribution is 2.40. The monoisotopic (exact) mass is 636 g/mol. The lowest BCUT2D eigenvalue weighted by molar-refractivity contribution is -0.121. The highest BCUT2D eigenvalue weighted by molar-refractivity contribution is 7.13. The quantitative estimate of drug-likeness (QED) is 0.255. The molecule has 2 amide bonds. The van der Waals surface area contributed by atoms with Crippen LogP contribution in [0, 0.1) is 0 Å². The minimum absolute atomic E-state index is 0.120. The van der Waals surface area contributed by atoms with Gasteiger partial charge in [-0.3, -0.25) is 14.9 Å². The number of imidazole rings is 1. The number of nitrogens with zero attached hydrogens (tertiary/aromatic N) is 5. The fourth-order valence-corrected chi connectivity index (χ4v) is 7.52. The van der Waals surface area contributed by atoms with Crippen molar-refractivity contribution in [3.05, 3.63) is 87.4 Å². The molecule has 0 radical (unpaired) electrons. The maximum absolute atomic E-state index is 14.3. The Hall–Kier alpha value is -3.67. The van der Waals surface area contributed by atoms with Crippen LogP contribution >= 0.6 is 22.9 Å². The number of amides is 2. The zero-order valence-corrected chi connectivity index (χ0v) is 25.5. The third kappa shape index (κ3) is 5.41. The Morgan fingerprint density at radius 3 is 2.66 bits per heavy atom. The van der Waals surface area contributed by atoms with E-state index in [1.54, 1.807) is 16.1 Å². The first-order valence-corrected chi connectivity index (χ1v) is 16.1. The van der Waals surface area contributed by atoms with Gasteiger partial charge in [0.05, 0.1) is 18.6 Å². The Morgan fingerprint density at radius 1 is 1.14 bits per heavy atom. The number of nitrogens with one attached hydrogen (secondary N) is 1. The zero-order valence-electron chi connectivity index (χ0n) is 23.9. The number of hydrogen-bond donors (Lipinski definition) is 1. The molecule has 0 aliphatic carbocycles. The van der Waals surface area contributed by atoms with E-state index in [0.717, 1.165) is 37.1 Å². The molecular weight excluding hydrogens is 606 g/mol. The molecule has 8 nitrogen and oxygen atoms in total. The van der Waals surface area contributed by atoms with Crippen molar-refractivity contribution in [1.82, 2.24) is 24.3 Å². The number of carbonyl (C=O) groups is 2. The summed E-state index contributed by atoms with van der Waals surface area (Å²) in [5.74, 6) is -0.369. The fourth-order valence-electron chi connectivity index (χ4n) is 6.71. The van der Waals surface area contributed by atoms with Gasteiger partial charge in [0.15, 0.2) is 11.2 Å². The van der Waals surface area contributed by atoms with Crippen LogP contribution < -0.4 is 5.32 Å². The Balaban J connectivity index is 1.15. The van der Waals surface area contributed by atoms with Crippen molar-refractivity contribution < 1.29 is 18.4 Å². The van der Waals surface area contributed by atoms with E-state index < -0.39 is 18.1 Å². The van der Waals surface area contributed by atoms with Crippen molar-refractivity contribution in [3.63, 3.8) is 0 Å². The largest absolute Gasteiger partial charge is 0.331 e. The van der Waals surface area contributed by atoms with Gasteiger partial charge in [-0.15, -0.1) is 11.3 Å². The first-order chi connectivity index (χ1) is 21.4. The number of aromatic nitrogens is 3. The van der Waals surface area contributed by atoms with Crippen LogP contribution in [0.5, 0.6) is 0 Å². The van der Waals surface area contributed by atoms with E-state index in [1.807, 2.05) is 24.3 Å². The van der Waals surface area contributed by atoms with Crippen molar-refractivity contribution in [2.75, 3.05) is 31.6 Å². The summed E-state index contributed by atoms with van der Waals surface area (Å²) in [5.41, 5.74) is 5.04. The molecule has 44 heavy (non-hydrogen) atoms. The van der Waals surface area contributed by atoms with Crippen molar-refractivity contribution >= 4 is 39.9 Å². The number of fused-ring (bicyclic) bond motifs is 2. The molecular formula is C32H31ClF2N6O2S. The van der Waals surface area contributed by atoms with Crippen LogP contribution in [0.2, 0.25) is 5.02 Å². The van der Waals surface area contributed by atoms with Gasteiger partial charge >= 0.3 is 0 Å². The summed E-state index contributed by atoms with van der Waals surface area (Å²) >= 11 is 8.06. The molecule has 3 aliphatic rings. The SMILES string of the molecule is O=C(Nc1nccs1)C(c1ncn2c1C[C@@H](F)C2)N1Cc2c(Cl)cc(-c3ccc(C4CCN(CCF)CC4)cc3)cc2C1=O. The van der Waals surface area contributed by atoms with Crippen molar-refractivity contribution in [3.8, 4) is 11.1 Å². The average molecular weight is 637 g/mol.